The van der Waals surface area contributed by atoms with Crippen LogP contribution in [0.5, 0.6) is 0 Å². The molecule has 7 nitrogen and oxygen atoms in total. The van der Waals surface area contributed by atoms with Gasteiger partial charge in [0.15, 0.2) is 0 Å². The van der Waals surface area contributed by atoms with E-state index in [1.807, 2.05) is 0 Å². The van der Waals surface area contributed by atoms with Gasteiger partial charge in [0.05, 0.1) is 11.8 Å². The summed E-state index contributed by atoms with van der Waals surface area (Å²) >= 11 is 0. The predicted octanol–water partition coefficient (Wildman–Crippen LogP) is 3.67. The fourth-order valence-electron chi connectivity index (χ4n) is 3.29. The van der Waals surface area contributed by atoms with Gasteiger partial charge in [0, 0.05) is 36.0 Å². The minimum Gasteiger partial charge on any atom is -0.392 e. The quantitative estimate of drug-likeness (QED) is 0.604. The summed E-state index contributed by atoms with van der Waals surface area (Å²) in [4.78, 5) is 15.6. The van der Waals surface area contributed by atoms with Crippen molar-refractivity contribution in [3.63, 3.8) is 0 Å². The number of nitrogens with zero attached hydrogens (tertiary/aromatic N) is 4. The average Bonchev–Trinajstić information content (AvgIpc) is 2.65. The SMILES string of the molecule is CC(C)(F)c1ncncc1CNc1ncc(C(F)(F)F)c(NC2CC(O)C2(C)C)n1. The maximum atomic E-state index is 14.3. The zero-order valence-corrected chi connectivity index (χ0v) is 17.0. The Hall–Kier alpha value is -2.56. The first-order valence-electron chi connectivity index (χ1n) is 9.41. The zero-order valence-electron chi connectivity index (χ0n) is 17.0. The van der Waals surface area contributed by atoms with Crippen LogP contribution in [0, 0.1) is 5.41 Å². The van der Waals surface area contributed by atoms with E-state index < -0.39 is 28.9 Å². The molecule has 1 fully saturated rings. The summed E-state index contributed by atoms with van der Waals surface area (Å²) in [6.07, 6.45) is -1.59. The Labute approximate surface area is 171 Å². The van der Waals surface area contributed by atoms with E-state index in [2.05, 4.69) is 30.6 Å². The van der Waals surface area contributed by atoms with Gasteiger partial charge in [-0.05, 0) is 20.3 Å². The molecule has 1 aliphatic carbocycles. The lowest BCUT2D eigenvalue weighted by Gasteiger charge is -2.49. The van der Waals surface area contributed by atoms with Gasteiger partial charge in [-0.2, -0.15) is 18.2 Å². The second kappa shape index (κ2) is 7.60. The molecule has 3 N–H and O–H groups in total. The molecule has 0 aliphatic heterocycles. The Bertz CT molecular complexity index is 913. The summed E-state index contributed by atoms with van der Waals surface area (Å²) in [6.45, 7) is 6.26. The fourth-order valence-corrected chi connectivity index (χ4v) is 3.29. The molecule has 2 atom stereocenters. The third-order valence-corrected chi connectivity index (χ3v) is 5.41. The first-order valence-corrected chi connectivity index (χ1v) is 9.41. The van der Waals surface area contributed by atoms with Crippen molar-refractivity contribution in [1.82, 2.24) is 19.9 Å². The molecule has 0 saturated heterocycles. The van der Waals surface area contributed by atoms with Gasteiger partial charge in [-0.1, -0.05) is 13.8 Å². The summed E-state index contributed by atoms with van der Waals surface area (Å²) < 4.78 is 54.6. The fraction of sp³-hybridized carbons (Fsp3) is 0.579. The van der Waals surface area contributed by atoms with E-state index in [0.29, 0.717) is 18.2 Å². The van der Waals surface area contributed by atoms with E-state index in [1.54, 1.807) is 13.8 Å². The molecule has 1 aliphatic rings. The molecule has 2 aromatic rings. The molecule has 30 heavy (non-hydrogen) atoms. The summed E-state index contributed by atoms with van der Waals surface area (Å²) in [5.41, 5.74) is -2.71. The van der Waals surface area contributed by atoms with Crippen LogP contribution >= 0.6 is 0 Å². The molecule has 0 amide bonds. The average molecular weight is 428 g/mol. The first kappa shape index (κ1) is 22.1. The van der Waals surface area contributed by atoms with Crippen molar-refractivity contribution in [3.05, 3.63) is 35.5 Å². The number of anilines is 2. The molecule has 2 heterocycles. The minimum atomic E-state index is -4.65. The molecular formula is C19H24F4N6O. The number of aromatic nitrogens is 4. The van der Waals surface area contributed by atoms with Gasteiger partial charge in [-0.15, -0.1) is 0 Å². The van der Waals surface area contributed by atoms with Crippen molar-refractivity contribution in [1.29, 1.82) is 0 Å². The van der Waals surface area contributed by atoms with Crippen molar-refractivity contribution in [3.8, 4) is 0 Å². The second-order valence-corrected chi connectivity index (χ2v) is 8.45. The van der Waals surface area contributed by atoms with Gasteiger partial charge >= 0.3 is 6.18 Å². The molecule has 2 unspecified atom stereocenters. The van der Waals surface area contributed by atoms with E-state index >= 15 is 0 Å². The van der Waals surface area contributed by atoms with E-state index in [4.69, 9.17) is 0 Å². The predicted molar refractivity (Wildman–Crippen MR) is 102 cm³/mol. The Morgan fingerprint density at radius 3 is 2.43 bits per heavy atom. The van der Waals surface area contributed by atoms with Crippen LogP contribution < -0.4 is 10.6 Å². The third kappa shape index (κ3) is 4.45. The normalized spacial score (nSPS) is 21.1. The van der Waals surface area contributed by atoms with Crippen LogP contribution in [0.4, 0.5) is 29.3 Å². The molecule has 0 bridgehead atoms. The lowest BCUT2D eigenvalue weighted by atomic mass is 9.64. The number of nitrogens with one attached hydrogen (secondary N) is 2. The van der Waals surface area contributed by atoms with Crippen LogP contribution in [0.3, 0.4) is 0 Å². The highest BCUT2D eigenvalue weighted by Crippen LogP contribution is 2.43. The van der Waals surface area contributed by atoms with Crippen LogP contribution in [0.15, 0.2) is 18.7 Å². The zero-order chi connectivity index (χ0) is 22.3. The number of aliphatic hydroxyl groups is 1. The van der Waals surface area contributed by atoms with Gasteiger partial charge in [0.1, 0.15) is 23.4 Å². The van der Waals surface area contributed by atoms with Crippen LogP contribution in [0.2, 0.25) is 0 Å². The maximum absolute atomic E-state index is 14.3. The Morgan fingerprint density at radius 1 is 1.17 bits per heavy atom. The van der Waals surface area contributed by atoms with Crippen LogP contribution in [-0.4, -0.2) is 37.2 Å². The van der Waals surface area contributed by atoms with Crippen molar-refractivity contribution in [2.24, 2.45) is 5.41 Å². The number of alkyl halides is 4. The number of rotatable bonds is 6. The van der Waals surface area contributed by atoms with Crippen LogP contribution in [0.1, 0.15) is 50.9 Å². The Balaban J connectivity index is 1.84. The van der Waals surface area contributed by atoms with Crippen molar-refractivity contribution in [2.45, 2.75) is 64.7 Å². The Morgan fingerprint density at radius 2 is 1.87 bits per heavy atom. The standard InChI is InChI=1S/C19H24F4N6O/c1-17(2)12(5-13(17)30)28-15-11(19(21,22)23)8-26-16(29-15)25-7-10-6-24-9-27-14(10)18(3,4)20/h6,8-9,12-13,30H,5,7H2,1-4H3,(H2,25,26,28,29). The monoisotopic (exact) mass is 428 g/mol. The van der Waals surface area contributed by atoms with Gasteiger partial charge in [0.2, 0.25) is 5.95 Å². The first-order chi connectivity index (χ1) is 13.8. The van der Waals surface area contributed by atoms with Crippen molar-refractivity contribution < 1.29 is 22.7 Å². The van der Waals surface area contributed by atoms with Crippen LogP contribution in [0.25, 0.3) is 0 Å². The van der Waals surface area contributed by atoms with Gasteiger partial charge < -0.3 is 15.7 Å². The number of aliphatic hydroxyl groups excluding tert-OH is 1. The summed E-state index contributed by atoms with van der Waals surface area (Å²) in [5.74, 6) is -0.435. The molecular weight excluding hydrogens is 404 g/mol. The van der Waals surface area contributed by atoms with E-state index in [9.17, 15) is 22.7 Å². The van der Waals surface area contributed by atoms with Gasteiger partial charge in [-0.3, -0.25) is 0 Å². The highest BCUT2D eigenvalue weighted by molar-refractivity contribution is 5.50. The molecule has 0 radical (unpaired) electrons. The van der Waals surface area contributed by atoms with Crippen molar-refractivity contribution in [2.75, 3.05) is 10.6 Å². The van der Waals surface area contributed by atoms with E-state index in [1.165, 1.54) is 26.4 Å². The summed E-state index contributed by atoms with van der Waals surface area (Å²) in [5, 5.41) is 15.5. The van der Waals surface area contributed by atoms with Crippen LogP contribution in [-0.2, 0) is 18.4 Å². The molecule has 11 heteroatoms. The Kier molecular flexibility index (Phi) is 5.61. The molecule has 3 rings (SSSR count). The summed E-state index contributed by atoms with van der Waals surface area (Å²) in [6, 6.07) is -0.377. The smallest absolute Gasteiger partial charge is 0.392 e. The molecule has 0 aromatic carbocycles. The lowest BCUT2D eigenvalue weighted by molar-refractivity contribution is -0.137. The van der Waals surface area contributed by atoms with E-state index in [-0.39, 0.29) is 30.0 Å². The second-order valence-electron chi connectivity index (χ2n) is 8.45. The number of halogens is 4. The highest BCUT2D eigenvalue weighted by Gasteiger charge is 2.48. The van der Waals surface area contributed by atoms with E-state index in [0.717, 1.165) is 0 Å². The largest absolute Gasteiger partial charge is 0.421 e. The number of hydrogen-bond donors (Lipinski definition) is 3. The van der Waals surface area contributed by atoms with Gasteiger partial charge in [0.25, 0.3) is 0 Å². The molecule has 0 spiro atoms. The van der Waals surface area contributed by atoms with Gasteiger partial charge in [-0.25, -0.2) is 19.3 Å². The van der Waals surface area contributed by atoms with Crippen molar-refractivity contribution >= 4 is 11.8 Å². The maximum Gasteiger partial charge on any atom is 0.421 e. The topological polar surface area (TPSA) is 95.9 Å². The summed E-state index contributed by atoms with van der Waals surface area (Å²) in [7, 11) is 0. The highest BCUT2D eigenvalue weighted by atomic mass is 19.4. The molecule has 1 saturated carbocycles. The minimum absolute atomic E-state index is 0.0297. The molecule has 164 valence electrons. The number of hydrogen-bond acceptors (Lipinski definition) is 7. The lowest BCUT2D eigenvalue weighted by Crippen LogP contribution is -2.57. The third-order valence-electron chi connectivity index (χ3n) is 5.41. The molecule has 2 aromatic heterocycles.